The highest BCUT2D eigenvalue weighted by Gasteiger charge is 2.78. The van der Waals surface area contributed by atoms with Gasteiger partial charge in [0.05, 0.1) is 23.7 Å². The Kier molecular flexibility index (Phi) is 3.99. The summed E-state index contributed by atoms with van der Waals surface area (Å²) >= 11 is 0. The molecular formula is C23H19N3O5. The Bertz CT molecular complexity index is 1220. The number of carboxylic acids is 1. The lowest BCUT2D eigenvalue weighted by atomic mass is 9.71. The highest BCUT2D eigenvalue weighted by atomic mass is 16.5. The summed E-state index contributed by atoms with van der Waals surface area (Å²) in [4.78, 5) is 12.4. The standard InChI is InChI=1S/C23H19N3O5/c1-26-12-16-19(25-26)22(30)20(27)17(21(28)29)18(14-5-3-2-4-6-14)23(22,31-16)15-9-7-13(11-24)8-10-15/h2-10,12,17-18,20,27,30H,1H3,(H,28,29)/t17-,18-,20-,22?,23+/m1/s1. The molecule has 0 saturated heterocycles. The first-order chi connectivity index (χ1) is 14.8. The number of carbonyl (C=O) groups is 1. The summed E-state index contributed by atoms with van der Waals surface area (Å²) < 4.78 is 7.83. The van der Waals surface area contributed by atoms with Crippen LogP contribution in [0.4, 0.5) is 0 Å². The van der Waals surface area contributed by atoms with Crippen LogP contribution in [0.2, 0.25) is 0 Å². The number of aryl methyl sites for hydroxylation is 1. The molecule has 2 aliphatic rings. The Labute approximate surface area is 177 Å². The Morgan fingerprint density at radius 2 is 1.87 bits per heavy atom. The smallest absolute Gasteiger partial charge is 0.310 e. The van der Waals surface area contributed by atoms with Crippen molar-refractivity contribution in [1.29, 1.82) is 5.26 Å². The van der Waals surface area contributed by atoms with Gasteiger partial charge in [0.25, 0.3) is 0 Å². The molecule has 2 heterocycles. The molecule has 31 heavy (non-hydrogen) atoms. The van der Waals surface area contributed by atoms with Crippen molar-refractivity contribution in [2.75, 3.05) is 0 Å². The molecule has 1 fully saturated rings. The number of nitrogens with zero attached hydrogens (tertiary/aromatic N) is 3. The first-order valence-corrected chi connectivity index (χ1v) is 9.76. The fourth-order valence-electron chi connectivity index (χ4n) is 5.22. The molecule has 8 nitrogen and oxygen atoms in total. The van der Waals surface area contributed by atoms with Gasteiger partial charge in [-0.3, -0.25) is 9.48 Å². The molecule has 5 rings (SSSR count). The number of ether oxygens (including phenoxy) is 1. The number of aliphatic carboxylic acids is 1. The van der Waals surface area contributed by atoms with Crippen LogP contribution in [0.5, 0.6) is 5.75 Å². The third-order valence-electron chi connectivity index (χ3n) is 6.45. The minimum absolute atomic E-state index is 0.0940. The van der Waals surface area contributed by atoms with Gasteiger partial charge in [0.1, 0.15) is 11.8 Å². The van der Waals surface area contributed by atoms with Crippen LogP contribution < -0.4 is 4.74 Å². The fraction of sp³-hybridized carbons (Fsp3) is 0.261. The minimum atomic E-state index is -2.12. The first kappa shape index (κ1) is 19.3. The van der Waals surface area contributed by atoms with Gasteiger partial charge in [-0.1, -0.05) is 42.5 Å². The number of aromatic nitrogens is 2. The molecule has 3 N–H and O–H groups in total. The largest absolute Gasteiger partial charge is 0.481 e. The van der Waals surface area contributed by atoms with E-state index in [2.05, 4.69) is 5.10 Å². The number of aliphatic hydroxyl groups excluding tert-OH is 1. The van der Waals surface area contributed by atoms with Gasteiger partial charge < -0.3 is 20.1 Å². The summed E-state index contributed by atoms with van der Waals surface area (Å²) in [5.41, 5.74) is -2.23. The van der Waals surface area contributed by atoms with Crippen molar-refractivity contribution in [2.24, 2.45) is 13.0 Å². The normalized spacial score (nSPS) is 30.8. The number of rotatable bonds is 3. The lowest BCUT2D eigenvalue weighted by Crippen LogP contribution is -2.52. The van der Waals surface area contributed by atoms with Crippen molar-refractivity contribution in [1.82, 2.24) is 9.78 Å². The van der Waals surface area contributed by atoms with Crippen LogP contribution in [0.25, 0.3) is 0 Å². The zero-order valence-corrected chi connectivity index (χ0v) is 16.5. The first-order valence-electron chi connectivity index (χ1n) is 9.76. The van der Waals surface area contributed by atoms with Crippen LogP contribution in [-0.4, -0.2) is 37.2 Å². The third kappa shape index (κ3) is 2.30. The van der Waals surface area contributed by atoms with Crippen molar-refractivity contribution >= 4 is 5.97 Å². The molecule has 0 radical (unpaired) electrons. The molecule has 2 aromatic carbocycles. The summed E-state index contributed by atoms with van der Waals surface area (Å²) in [6, 6.07) is 17.3. The van der Waals surface area contributed by atoms with E-state index >= 15 is 0 Å². The van der Waals surface area contributed by atoms with E-state index in [1.165, 1.54) is 4.68 Å². The Morgan fingerprint density at radius 3 is 2.48 bits per heavy atom. The maximum Gasteiger partial charge on any atom is 0.310 e. The van der Waals surface area contributed by atoms with Crippen LogP contribution in [0.15, 0.2) is 60.8 Å². The summed E-state index contributed by atoms with van der Waals surface area (Å²) in [5.74, 6) is -3.27. The van der Waals surface area contributed by atoms with E-state index in [4.69, 9.17) is 4.74 Å². The van der Waals surface area contributed by atoms with E-state index in [0.29, 0.717) is 16.7 Å². The topological polar surface area (TPSA) is 129 Å². The summed E-state index contributed by atoms with van der Waals surface area (Å²) in [7, 11) is 1.65. The van der Waals surface area contributed by atoms with E-state index < -0.39 is 35.1 Å². The summed E-state index contributed by atoms with van der Waals surface area (Å²) in [6.45, 7) is 0. The second kappa shape index (κ2) is 6.41. The van der Waals surface area contributed by atoms with E-state index in [9.17, 15) is 25.4 Å². The zero-order chi connectivity index (χ0) is 22.0. The Balaban J connectivity index is 1.85. The number of benzene rings is 2. The van der Waals surface area contributed by atoms with Crippen LogP contribution in [0.3, 0.4) is 0 Å². The molecule has 1 saturated carbocycles. The van der Waals surface area contributed by atoms with Gasteiger partial charge in [0.15, 0.2) is 17.0 Å². The Morgan fingerprint density at radius 1 is 1.19 bits per heavy atom. The quantitative estimate of drug-likeness (QED) is 0.591. The molecule has 0 amide bonds. The highest BCUT2D eigenvalue weighted by Crippen LogP contribution is 2.68. The van der Waals surface area contributed by atoms with Crippen LogP contribution in [0, 0.1) is 17.2 Å². The average molecular weight is 417 g/mol. The molecule has 1 aliphatic carbocycles. The maximum absolute atomic E-state index is 12.4. The number of hydrogen-bond acceptors (Lipinski definition) is 6. The van der Waals surface area contributed by atoms with Crippen molar-refractivity contribution in [3.63, 3.8) is 0 Å². The SMILES string of the molecule is Cn1cc2c(n1)C1(O)[C@H](O)[C@H](C(=O)O)[C@@H](c3ccccc3)[C@]1(c1ccc(C#N)cc1)O2. The van der Waals surface area contributed by atoms with Gasteiger partial charge in [0.2, 0.25) is 0 Å². The summed E-state index contributed by atoms with van der Waals surface area (Å²) in [5, 5.41) is 47.0. The minimum Gasteiger partial charge on any atom is -0.481 e. The molecule has 1 unspecified atom stereocenters. The number of nitriles is 1. The van der Waals surface area contributed by atoms with Crippen LogP contribution >= 0.6 is 0 Å². The lowest BCUT2D eigenvalue weighted by Gasteiger charge is -2.40. The number of aliphatic hydroxyl groups is 2. The molecule has 0 bridgehead atoms. The van der Waals surface area contributed by atoms with E-state index in [-0.39, 0.29) is 11.4 Å². The van der Waals surface area contributed by atoms with E-state index in [0.717, 1.165) is 0 Å². The van der Waals surface area contributed by atoms with Crippen molar-refractivity contribution in [3.8, 4) is 11.8 Å². The maximum atomic E-state index is 12.4. The van der Waals surface area contributed by atoms with Gasteiger partial charge in [-0.25, -0.2) is 0 Å². The predicted octanol–water partition coefficient (Wildman–Crippen LogP) is 1.63. The molecular weight excluding hydrogens is 398 g/mol. The zero-order valence-electron chi connectivity index (χ0n) is 16.5. The van der Waals surface area contributed by atoms with Gasteiger partial charge in [0, 0.05) is 13.0 Å². The molecule has 156 valence electrons. The van der Waals surface area contributed by atoms with Crippen molar-refractivity contribution < 1.29 is 24.9 Å². The monoisotopic (exact) mass is 417 g/mol. The molecule has 3 aromatic rings. The lowest BCUT2D eigenvalue weighted by molar-refractivity contribution is -0.161. The number of carboxylic acid groups (broad SMARTS) is 1. The number of hydrogen-bond donors (Lipinski definition) is 3. The van der Waals surface area contributed by atoms with E-state index in [1.807, 2.05) is 6.07 Å². The molecule has 5 atom stereocenters. The fourth-order valence-corrected chi connectivity index (χ4v) is 5.22. The molecule has 1 aliphatic heterocycles. The van der Waals surface area contributed by atoms with Crippen LogP contribution in [0.1, 0.15) is 28.3 Å². The average Bonchev–Trinajstić information content (AvgIpc) is 3.32. The van der Waals surface area contributed by atoms with Gasteiger partial charge in [-0.05, 0) is 23.3 Å². The second-order valence-electron chi connectivity index (χ2n) is 8.01. The molecule has 8 heteroatoms. The third-order valence-corrected chi connectivity index (χ3v) is 6.45. The Hall–Kier alpha value is -3.67. The molecule has 1 aromatic heterocycles. The van der Waals surface area contributed by atoms with Crippen LogP contribution in [-0.2, 0) is 23.0 Å². The van der Waals surface area contributed by atoms with Gasteiger partial charge in [-0.15, -0.1) is 0 Å². The van der Waals surface area contributed by atoms with Crippen molar-refractivity contribution in [3.05, 3.63) is 83.2 Å². The number of fused-ring (bicyclic) bond motifs is 3. The second-order valence-corrected chi connectivity index (χ2v) is 8.01. The van der Waals surface area contributed by atoms with Gasteiger partial charge in [-0.2, -0.15) is 10.4 Å². The highest BCUT2D eigenvalue weighted by molar-refractivity contribution is 5.75. The molecule has 0 spiro atoms. The predicted molar refractivity (Wildman–Crippen MR) is 107 cm³/mol. The summed E-state index contributed by atoms with van der Waals surface area (Å²) in [6.07, 6.45) is -0.108. The van der Waals surface area contributed by atoms with E-state index in [1.54, 1.807) is 67.8 Å². The van der Waals surface area contributed by atoms with Gasteiger partial charge >= 0.3 is 5.97 Å². The van der Waals surface area contributed by atoms with Crippen molar-refractivity contribution in [2.45, 2.75) is 23.2 Å².